The van der Waals surface area contributed by atoms with Crippen LogP contribution in [0.3, 0.4) is 0 Å². The largest absolute Gasteiger partial charge is 0.519 e. The zero-order valence-electron chi connectivity index (χ0n) is 13.9. The number of anilines is 1. The van der Waals surface area contributed by atoms with E-state index in [9.17, 15) is 14.9 Å². The lowest BCUT2D eigenvalue weighted by Gasteiger charge is -2.24. The van der Waals surface area contributed by atoms with Crippen LogP contribution in [0.1, 0.15) is 0 Å². The number of ether oxygens (including phenoxy) is 2. The summed E-state index contributed by atoms with van der Waals surface area (Å²) in [6.45, 7) is 1.13. The van der Waals surface area contributed by atoms with Gasteiger partial charge in [-0.05, 0) is 24.3 Å². The van der Waals surface area contributed by atoms with Crippen LogP contribution in [0, 0.1) is 10.1 Å². The second-order valence-electron chi connectivity index (χ2n) is 5.18. The second-order valence-corrected chi connectivity index (χ2v) is 6.35. The van der Waals surface area contributed by atoms with Crippen molar-refractivity contribution in [1.82, 2.24) is 0 Å². The summed E-state index contributed by atoms with van der Waals surface area (Å²) in [5.74, 6) is 1.12. The van der Waals surface area contributed by atoms with Gasteiger partial charge in [-0.15, -0.1) is 23.2 Å². The number of rotatable bonds is 8. The SMILES string of the molecule is O=C(Oc1ccc([N+](=O)[O-])cc1)Oc1ccc(N(CCCl)CCCl)c(Cl)c1. The Morgan fingerprint density at radius 3 is 2.07 bits per heavy atom. The number of carbonyl (C=O) groups excluding carboxylic acids is 1. The zero-order valence-corrected chi connectivity index (χ0v) is 16.2. The fourth-order valence-electron chi connectivity index (χ4n) is 2.21. The number of carbonyl (C=O) groups is 1. The monoisotopic (exact) mass is 432 g/mol. The highest BCUT2D eigenvalue weighted by Crippen LogP contribution is 2.30. The van der Waals surface area contributed by atoms with Gasteiger partial charge in [0, 0.05) is 43.0 Å². The number of alkyl halides is 2. The van der Waals surface area contributed by atoms with Crippen LogP contribution in [0.25, 0.3) is 0 Å². The van der Waals surface area contributed by atoms with Gasteiger partial charge in [-0.3, -0.25) is 10.1 Å². The minimum atomic E-state index is -0.994. The van der Waals surface area contributed by atoms with Crippen molar-refractivity contribution in [2.75, 3.05) is 29.7 Å². The van der Waals surface area contributed by atoms with E-state index in [-0.39, 0.29) is 17.2 Å². The third-order valence-electron chi connectivity index (χ3n) is 3.42. The van der Waals surface area contributed by atoms with Crippen molar-refractivity contribution < 1.29 is 19.2 Å². The summed E-state index contributed by atoms with van der Waals surface area (Å²) in [6, 6.07) is 9.76. The fourth-order valence-corrected chi connectivity index (χ4v) is 2.91. The number of halogens is 3. The summed E-state index contributed by atoms with van der Waals surface area (Å²) in [5.41, 5.74) is 0.602. The van der Waals surface area contributed by atoms with Crippen molar-refractivity contribution in [3.8, 4) is 11.5 Å². The first-order valence-electron chi connectivity index (χ1n) is 7.75. The molecule has 0 aliphatic rings. The van der Waals surface area contributed by atoms with E-state index in [4.69, 9.17) is 44.3 Å². The molecular formula is C17H15Cl3N2O5. The molecular weight excluding hydrogens is 419 g/mol. The van der Waals surface area contributed by atoms with Crippen molar-refractivity contribution in [3.63, 3.8) is 0 Å². The highest BCUT2D eigenvalue weighted by atomic mass is 35.5. The van der Waals surface area contributed by atoms with Crippen molar-refractivity contribution in [2.24, 2.45) is 0 Å². The molecule has 2 rings (SSSR count). The number of non-ortho nitro benzene ring substituents is 1. The van der Waals surface area contributed by atoms with Crippen LogP contribution >= 0.6 is 34.8 Å². The Hall–Kier alpha value is -2.22. The molecule has 0 unspecified atom stereocenters. The molecule has 2 aromatic rings. The lowest BCUT2D eigenvalue weighted by molar-refractivity contribution is -0.384. The lowest BCUT2D eigenvalue weighted by Crippen LogP contribution is -2.27. The molecule has 0 bridgehead atoms. The Labute approximate surface area is 170 Å². The van der Waals surface area contributed by atoms with E-state index >= 15 is 0 Å². The van der Waals surface area contributed by atoms with Crippen LogP contribution in [0.4, 0.5) is 16.2 Å². The quantitative estimate of drug-likeness (QED) is 0.189. The number of hydrogen-bond donors (Lipinski definition) is 0. The molecule has 0 saturated heterocycles. The van der Waals surface area contributed by atoms with Crippen molar-refractivity contribution in [1.29, 1.82) is 0 Å². The smallest absolute Gasteiger partial charge is 0.395 e. The van der Waals surface area contributed by atoms with Gasteiger partial charge in [-0.25, -0.2) is 4.79 Å². The molecule has 144 valence electrons. The summed E-state index contributed by atoms with van der Waals surface area (Å²) in [5, 5.41) is 11.0. The van der Waals surface area contributed by atoms with Crippen LogP contribution in [0.5, 0.6) is 11.5 Å². The van der Waals surface area contributed by atoms with Crippen molar-refractivity contribution >= 4 is 52.3 Å². The fraction of sp³-hybridized carbons (Fsp3) is 0.235. The van der Waals surface area contributed by atoms with Gasteiger partial charge >= 0.3 is 6.16 Å². The van der Waals surface area contributed by atoms with Gasteiger partial charge in [0.15, 0.2) is 0 Å². The standard InChI is InChI=1S/C17H15Cl3N2O5/c18-7-9-21(10-8-19)16-6-5-14(11-15(16)20)27-17(23)26-13-3-1-12(2-4-13)22(24)25/h1-6,11H,7-10H2. The highest BCUT2D eigenvalue weighted by molar-refractivity contribution is 6.33. The minimum Gasteiger partial charge on any atom is -0.395 e. The van der Waals surface area contributed by atoms with E-state index < -0.39 is 11.1 Å². The van der Waals surface area contributed by atoms with Gasteiger partial charge in [0.25, 0.3) is 5.69 Å². The van der Waals surface area contributed by atoms with Gasteiger partial charge in [-0.2, -0.15) is 0 Å². The van der Waals surface area contributed by atoms with Gasteiger partial charge in [0.1, 0.15) is 11.5 Å². The van der Waals surface area contributed by atoms with Gasteiger partial charge in [0.2, 0.25) is 0 Å². The molecule has 2 aromatic carbocycles. The van der Waals surface area contributed by atoms with Gasteiger partial charge in [0.05, 0.1) is 15.6 Å². The number of hydrogen-bond acceptors (Lipinski definition) is 6. The molecule has 0 saturated carbocycles. The first kappa shape index (κ1) is 21.1. The average Bonchev–Trinajstić information content (AvgIpc) is 2.62. The van der Waals surface area contributed by atoms with E-state index in [1.165, 1.54) is 30.3 Å². The van der Waals surface area contributed by atoms with Gasteiger partial charge < -0.3 is 14.4 Å². The van der Waals surface area contributed by atoms with Crippen molar-refractivity contribution in [2.45, 2.75) is 0 Å². The molecule has 0 radical (unpaired) electrons. The maximum absolute atomic E-state index is 11.9. The lowest BCUT2D eigenvalue weighted by atomic mass is 10.2. The summed E-state index contributed by atoms with van der Waals surface area (Å²) in [6.07, 6.45) is -0.994. The summed E-state index contributed by atoms with van der Waals surface area (Å²) < 4.78 is 10.1. The molecule has 0 spiro atoms. The molecule has 0 amide bonds. The minimum absolute atomic E-state index is 0.114. The third-order valence-corrected chi connectivity index (χ3v) is 4.06. The van der Waals surface area contributed by atoms with Crippen LogP contribution < -0.4 is 14.4 Å². The van der Waals surface area contributed by atoms with Crippen LogP contribution in [0.2, 0.25) is 5.02 Å². The van der Waals surface area contributed by atoms with Crippen molar-refractivity contribution in [3.05, 3.63) is 57.6 Å². The van der Waals surface area contributed by atoms with E-state index in [2.05, 4.69) is 0 Å². The second kappa shape index (κ2) is 10.2. The highest BCUT2D eigenvalue weighted by Gasteiger charge is 2.14. The predicted molar refractivity (Wildman–Crippen MR) is 105 cm³/mol. The average molecular weight is 434 g/mol. The first-order chi connectivity index (χ1) is 12.9. The number of nitro benzene ring substituents is 1. The van der Waals surface area contributed by atoms with E-state index in [1.54, 1.807) is 12.1 Å². The van der Waals surface area contributed by atoms with Crippen LogP contribution in [-0.4, -0.2) is 35.9 Å². The van der Waals surface area contributed by atoms with Crippen LogP contribution in [0.15, 0.2) is 42.5 Å². The molecule has 0 aromatic heterocycles. The molecule has 0 aliphatic heterocycles. The molecule has 0 heterocycles. The normalized spacial score (nSPS) is 10.3. The molecule has 0 fully saturated rings. The molecule has 0 atom stereocenters. The van der Waals surface area contributed by atoms with Gasteiger partial charge in [-0.1, -0.05) is 11.6 Å². The Bertz CT molecular complexity index is 796. The maximum Gasteiger partial charge on any atom is 0.519 e. The van der Waals surface area contributed by atoms with Crippen LogP contribution in [-0.2, 0) is 0 Å². The van der Waals surface area contributed by atoms with E-state index in [1.807, 2.05) is 4.90 Å². The van der Waals surface area contributed by atoms with E-state index in [0.29, 0.717) is 35.6 Å². The topological polar surface area (TPSA) is 81.9 Å². The molecule has 0 aliphatic carbocycles. The first-order valence-corrected chi connectivity index (χ1v) is 9.20. The Balaban J connectivity index is 2.03. The number of benzene rings is 2. The number of nitro groups is 1. The Morgan fingerprint density at radius 2 is 1.56 bits per heavy atom. The maximum atomic E-state index is 11.9. The predicted octanol–water partition coefficient (Wildman–Crippen LogP) is 5.11. The summed E-state index contributed by atoms with van der Waals surface area (Å²) >= 11 is 17.8. The zero-order chi connectivity index (χ0) is 19.8. The molecule has 7 nitrogen and oxygen atoms in total. The van der Waals surface area contributed by atoms with E-state index in [0.717, 1.165) is 0 Å². The third kappa shape index (κ3) is 6.16. The number of nitrogens with zero attached hydrogens (tertiary/aromatic N) is 2. The molecule has 27 heavy (non-hydrogen) atoms. The summed E-state index contributed by atoms with van der Waals surface area (Å²) in [7, 11) is 0. The Morgan fingerprint density at radius 1 is 1.00 bits per heavy atom. The molecule has 0 N–H and O–H groups in total. The molecule has 10 heteroatoms. The summed E-state index contributed by atoms with van der Waals surface area (Å²) in [4.78, 5) is 23.8. The Kier molecular flexibility index (Phi) is 7.97.